The molecule has 2 aliphatic carbocycles. The molecule has 3 aliphatic heterocycles. The molecule has 8 heteroatoms. The molecule has 2 N–H and O–H groups in total. The van der Waals surface area contributed by atoms with Gasteiger partial charge in [0.05, 0.1) is 12.0 Å². The van der Waals surface area contributed by atoms with Crippen LogP contribution in [0.15, 0.2) is 60.3 Å². The van der Waals surface area contributed by atoms with Gasteiger partial charge in [-0.2, -0.15) is 0 Å². The second-order valence-corrected chi connectivity index (χ2v) is 10.1. The van der Waals surface area contributed by atoms with Crippen molar-refractivity contribution in [1.29, 1.82) is 0 Å². The minimum atomic E-state index is -0.515. The molecule has 3 atom stereocenters. The number of ketones is 1. The molecule has 0 amide bonds. The van der Waals surface area contributed by atoms with Crippen LogP contribution >= 0.6 is 0 Å². The summed E-state index contributed by atoms with van der Waals surface area (Å²) < 4.78 is 14.6. The summed E-state index contributed by atoms with van der Waals surface area (Å²) in [4.78, 5) is 14.7. The van der Waals surface area contributed by atoms with Crippen molar-refractivity contribution in [2.24, 2.45) is 11.3 Å². The third kappa shape index (κ3) is 3.34. The summed E-state index contributed by atoms with van der Waals surface area (Å²) in [6, 6.07) is 18.4. The topological polar surface area (TPSA) is 78.9 Å². The first-order valence-electron chi connectivity index (χ1n) is 12.6. The molecule has 1 spiro atoms. The van der Waals surface area contributed by atoms with E-state index in [4.69, 9.17) is 9.44 Å². The van der Waals surface area contributed by atoms with Gasteiger partial charge in [0, 0.05) is 46.9 Å². The van der Waals surface area contributed by atoms with E-state index in [9.17, 15) is 9.82 Å². The van der Waals surface area contributed by atoms with Crippen molar-refractivity contribution in [3.8, 4) is 5.75 Å². The maximum atomic E-state index is 12.7. The quantitative estimate of drug-likeness (QED) is 0.503. The first-order chi connectivity index (χ1) is 17.5. The summed E-state index contributed by atoms with van der Waals surface area (Å²) in [7, 11) is 0.235. The van der Waals surface area contributed by atoms with E-state index >= 15 is 0 Å². The number of benzene rings is 3. The smallest absolute Gasteiger partial charge is 0.132 e. The molecule has 2 fully saturated rings. The summed E-state index contributed by atoms with van der Waals surface area (Å²) in [6.07, 6.45) is 3.05. The fourth-order valence-corrected chi connectivity index (χ4v) is 6.33. The average molecular weight is 478 g/mol. The zero-order valence-electron chi connectivity index (χ0n) is 20.5. The number of fused-ring (bicyclic) bond motifs is 3. The number of Topliss-reactive ketones (excluding diaryl/α,β-unsaturated/α-hetero) is 1. The summed E-state index contributed by atoms with van der Waals surface area (Å²) in [5.74, 6) is 2.33. The van der Waals surface area contributed by atoms with Gasteiger partial charge in [0.25, 0.3) is 0 Å². The monoisotopic (exact) mass is 478 g/mol. The number of carbonyl (C=O) groups excluding carboxylic acids is 1. The Morgan fingerprint density at radius 2 is 1.94 bits per heavy atom. The molecule has 1 saturated carbocycles. The van der Waals surface area contributed by atoms with Crippen LogP contribution in [0.25, 0.3) is 16.8 Å². The number of nitrogens with one attached hydrogen (secondary N) is 1. The Hall–Kier alpha value is -3.38. The van der Waals surface area contributed by atoms with Crippen LogP contribution < -0.4 is 10.1 Å². The van der Waals surface area contributed by atoms with Crippen molar-refractivity contribution in [3.63, 3.8) is 0 Å². The number of nitrogens with zero attached hydrogens (tertiary/aromatic N) is 1. The molecule has 0 radical (unpaired) electrons. The number of piperidine rings is 1. The minimum Gasteiger partial charge on any atom is -0.492 e. The molecule has 0 aromatic heterocycles. The summed E-state index contributed by atoms with van der Waals surface area (Å²) in [5, 5.41) is 15.8. The minimum absolute atomic E-state index is 0.253. The van der Waals surface area contributed by atoms with Crippen LogP contribution in [-0.4, -0.2) is 49.5 Å². The Balaban J connectivity index is 0.000000122. The van der Waals surface area contributed by atoms with Crippen LogP contribution in [0.5, 0.6) is 5.75 Å². The summed E-state index contributed by atoms with van der Waals surface area (Å²) >= 11 is 0. The van der Waals surface area contributed by atoms with E-state index in [1.807, 2.05) is 29.1 Å². The maximum absolute atomic E-state index is 12.7. The van der Waals surface area contributed by atoms with Crippen molar-refractivity contribution in [1.82, 2.24) is 4.81 Å². The van der Waals surface area contributed by atoms with Crippen molar-refractivity contribution < 1.29 is 19.3 Å². The fourth-order valence-electron chi connectivity index (χ4n) is 6.33. The Labute approximate surface area is 211 Å². The number of anilines is 1. The summed E-state index contributed by atoms with van der Waals surface area (Å²) in [6.45, 7) is 5.88. The van der Waals surface area contributed by atoms with Gasteiger partial charge in [-0.25, -0.2) is 0 Å². The van der Waals surface area contributed by atoms with Gasteiger partial charge in [0.2, 0.25) is 0 Å². The van der Waals surface area contributed by atoms with Gasteiger partial charge in [0.15, 0.2) is 5.78 Å². The number of allylic oxidation sites excluding steroid dienone is 1. The number of carbonyl (C=O) groups is 1. The van der Waals surface area contributed by atoms with Crippen molar-refractivity contribution in [2.45, 2.75) is 26.0 Å². The van der Waals surface area contributed by atoms with Crippen LogP contribution in [0.1, 0.15) is 33.8 Å². The molecule has 8 rings (SSSR count). The van der Waals surface area contributed by atoms with Crippen LogP contribution in [0.2, 0.25) is 13.6 Å². The van der Waals surface area contributed by atoms with Gasteiger partial charge in [-0.1, -0.05) is 48.5 Å². The summed E-state index contributed by atoms with van der Waals surface area (Å²) in [5.41, 5.74) is 5.23. The SMILES string of the molecule is CB(O)N1CC2CC23C(=O)c2ccccc2C=C13.CB=O.c1ccc2c3c4c(cc2c1)NCC4CO3. The van der Waals surface area contributed by atoms with E-state index < -0.39 is 7.05 Å². The number of hydrogen-bond acceptors (Lipinski definition) is 6. The molecule has 36 heavy (non-hydrogen) atoms. The average Bonchev–Trinajstić information content (AvgIpc) is 3.17. The maximum Gasteiger partial charge on any atom is 0.132 e. The molecule has 6 nitrogen and oxygen atoms in total. The van der Waals surface area contributed by atoms with Gasteiger partial charge >= 0.3 is 25.7 Å². The normalized spacial score (nSPS) is 24.8. The molecular formula is C28H28B2N2O4. The van der Waals surface area contributed by atoms with Crippen LogP contribution in [0, 0.1) is 11.3 Å². The second kappa shape index (κ2) is 8.63. The van der Waals surface area contributed by atoms with Crippen molar-refractivity contribution >= 4 is 42.5 Å². The van der Waals surface area contributed by atoms with E-state index in [1.54, 1.807) is 6.82 Å². The van der Waals surface area contributed by atoms with Crippen LogP contribution in [0.4, 0.5) is 5.69 Å². The molecule has 0 bridgehead atoms. The zero-order valence-corrected chi connectivity index (χ0v) is 20.5. The Bertz CT molecular complexity index is 1420. The molecular weight excluding hydrogens is 450 g/mol. The molecule has 180 valence electrons. The van der Waals surface area contributed by atoms with Gasteiger partial charge in [-0.3, -0.25) is 4.79 Å². The Kier molecular flexibility index (Phi) is 5.52. The molecule has 5 aliphatic rings. The third-order valence-corrected chi connectivity index (χ3v) is 8.06. The zero-order chi connectivity index (χ0) is 25.0. The van der Waals surface area contributed by atoms with Gasteiger partial charge in [0.1, 0.15) is 5.75 Å². The van der Waals surface area contributed by atoms with E-state index in [-0.39, 0.29) is 11.2 Å². The predicted molar refractivity (Wildman–Crippen MR) is 143 cm³/mol. The Morgan fingerprint density at radius 1 is 1.19 bits per heavy atom. The first-order valence-corrected chi connectivity index (χ1v) is 12.6. The Morgan fingerprint density at radius 3 is 2.75 bits per heavy atom. The first kappa shape index (κ1) is 23.0. The van der Waals surface area contributed by atoms with Crippen molar-refractivity contribution in [2.75, 3.05) is 25.0 Å². The number of rotatable bonds is 1. The van der Waals surface area contributed by atoms with E-state index in [2.05, 4.69) is 41.7 Å². The number of ether oxygens (including phenoxy) is 1. The molecule has 3 aromatic carbocycles. The number of hydrogen-bond donors (Lipinski definition) is 2. The molecule has 1 saturated heterocycles. The second-order valence-electron chi connectivity index (χ2n) is 10.1. The predicted octanol–water partition coefficient (Wildman–Crippen LogP) is 4.48. The largest absolute Gasteiger partial charge is 0.492 e. The standard InChI is InChI=1S/C14H14BNO2.C13H11NO.CH3BO/c1-15(18)16-8-10-7-14(10)12(16)6-9-4-2-3-5-11(9)13(14)17;1-2-4-10-8(3-1)5-11-12-9(6-14-11)7-15-13(10)12;1-2-3/h2-6,10,18H,7-8H2,1H3;1-5,9,14H,6-7H2;1H3. The fraction of sp³-hybridized carbons (Fsp3) is 0.321. The molecule has 3 aromatic rings. The van der Waals surface area contributed by atoms with Gasteiger partial charge < -0.3 is 19.9 Å². The van der Waals surface area contributed by atoms with Crippen molar-refractivity contribution in [3.05, 3.63) is 77.0 Å². The van der Waals surface area contributed by atoms with E-state index in [0.717, 1.165) is 55.8 Å². The van der Waals surface area contributed by atoms with E-state index in [1.165, 1.54) is 28.8 Å². The third-order valence-electron chi connectivity index (χ3n) is 8.06. The molecule has 3 unspecified atom stereocenters. The van der Waals surface area contributed by atoms with E-state index in [0.29, 0.717) is 11.8 Å². The molecule has 3 heterocycles. The van der Waals surface area contributed by atoms with Crippen LogP contribution in [-0.2, 0) is 4.70 Å². The van der Waals surface area contributed by atoms with Gasteiger partial charge in [-0.05, 0) is 42.3 Å². The van der Waals surface area contributed by atoms with Gasteiger partial charge in [-0.15, -0.1) is 0 Å². The van der Waals surface area contributed by atoms with Crippen LogP contribution in [0.3, 0.4) is 0 Å².